The normalized spacial score (nSPS) is 19.7. The van der Waals surface area contributed by atoms with Crippen LogP contribution in [0.5, 0.6) is 0 Å². The van der Waals surface area contributed by atoms with Gasteiger partial charge in [0.25, 0.3) is 0 Å². The monoisotopic (exact) mass is 149 g/mol. The van der Waals surface area contributed by atoms with Gasteiger partial charge >= 0.3 is 0 Å². The average molecular weight is 149 g/mol. The van der Waals surface area contributed by atoms with Gasteiger partial charge in [0.05, 0.1) is 6.67 Å². The van der Waals surface area contributed by atoms with E-state index >= 15 is 0 Å². The maximum Gasteiger partial charge on any atom is 0.0906 e. The summed E-state index contributed by atoms with van der Waals surface area (Å²) in [5.41, 5.74) is 0. The van der Waals surface area contributed by atoms with Crippen LogP contribution in [0.3, 0.4) is 0 Å². The first-order valence-corrected chi connectivity index (χ1v) is 4.46. The topological polar surface area (TPSA) is 12.0 Å². The first kappa shape index (κ1) is 7.35. The van der Waals surface area contributed by atoms with Crippen LogP contribution >= 0.6 is 11.8 Å². The molecule has 0 atom stereocenters. The van der Waals surface area contributed by atoms with E-state index in [1.165, 1.54) is 11.5 Å². The molecule has 3 heteroatoms. The fourth-order valence-electron chi connectivity index (χ4n) is 0.727. The van der Waals surface area contributed by atoms with E-state index in [9.17, 15) is 4.39 Å². The number of rotatable bonds is 4. The van der Waals surface area contributed by atoms with E-state index in [2.05, 4.69) is 5.32 Å². The van der Waals surface area contributed by atoms with Crippen LogP contribution in [0.15, 0.2) is 0 Å². The lowest BCUT2D eigenvalue weighted by molar-refractivity contribution is 0.448. The minimum Gasteiger partial charge on any atom is -0.312 e. The van der Waals surface area contributed by atoms with Crippen molar-refractivity contribution in [1.82, 2.24) is 5.32 Å². The summed E-state index contributed by atoms with van der Waals surface area (Å²) in [4.78, 5) is 0. The Bertz CT molecular complexity index is 75.5. The third-order valence-electron chi connectivity index (χ3n) is 1.38. The summed E-state index contributed by atoms with van der Waals surface area (Å²) in [6.07, 6.45) is 0.668. The van der Waals surface area contributed by atoms with Crippen molar-refractivity contribution in [3.05, 3.63) is 0 Å². The van der Waals surface area contributed by atoms with E-state index in [-0.39, 0.29) is 6.67 Å². The summed E-state index contributed by atoms with van der Waals surface area (Å²) >= 11 is 1.95. The second-order valence-corrected chi connectivity index (χ2v) is 3.31. The summed E-state index contributed by atoms with van der Waals surface area (Å²) in [6, 6.07) is 0.682. The Balaban J connectivity index is 1.80. The van der Waals surface area contributed by atoms with Gasteiger partial charge in [0.15, 0.2) is 0 Å². The predicted molar refractivity (Wildman–Crippen MR) is 39.7 cm³/mol. The van der Waals surface area contributed by atoms with Crippen molar-refractivity contribution in [2.24, 2.45) is 0 Å². The van der Waals surface area contributed by atoms with Crippen LogP contribution in [-0.4, -0.2) is 30.8 Å². The summed E-state index contributed by atoms with van der Waals surface area (Å²) in [5.74, 6) is 2.43. The highest BCUT2D eigenvalue weighted by atomic mass is 32.2. The molecule has 0 aromatic rings. The summed E-state index contributed by atoms with van der Waals surface area (Å²) < 4.78 is 11.5. The fraction of sp³-hybridized carbons (Fsp3) is 1.00. The van der Waals surface area contributed by atoms with Gasteiger partial charge in [-0.3, -0.25) is 4.39 Å². The lowest BCUT2D eigenvalue weighted by Crippen LogP contribution is -2.40. The molecule has 0 aromatic heterocycles. The van der Waals surface area contributed by atoms with Crippen LogP contribution in [0.1, 0.15) is 6.42 Å². The minimum atomic E-state index is -0.188. The van der Waals surface area contributed by atoms with E-state index < -0.39 is 0 Å². The zero-order valence-corrected chi connectivity index (χ0v) is 6.22. The second kappa shape index (κ2) is 4.12. The predicted octanol–water partition coefficient (Wildman–Crippen LogP) is 1.05. The van der Waals surface area contributed by atoms with Gasteiger partial charge in [-0.1, -0.05) is 0 Å². The molecule has 54 valence electrons. The molecule has 0 bridgehead atoms. The van der Waals surface area contributed by atoms with Gasteiger partial charge in [0.2, 0.25) is 0 Å². The van der Waals surface area contributed by atoms with Gasteiger partial charge in [-0.15, -0.1) is 0 Å². The Hall–Kier alpha value is 0.240. The molecule has 0 amide bonds. The standard InChI is InChI=1S/C6H12FNS/c7-2-1-3-8-6-4-9-5-6/h6,8H,1-5H2. The molecular weight excluding hydrogens is 137 g/mol. The number of halogens is 1. The third-order valence-corrected chi connectivity index (χ3v) is 2.66. The van der Waals surface area contributed by atoms with Gasteiger partial charge < -0.3 is 5.32 Å². The molecule has 1 saturated heterocycles. The van der Waals surface area contributed by atoms with Gasteiger partial charge in [-0.2, -0.15) is 11.8 Å². The number of hydrogen-bond donors (Lipinski definition) is 1. The zero-order chi connectivity index (χ0) is 6.53. The van der Waals surface area contributed by atoms with Crippen LogP contribution in [0.4, 0.5) is 4.39 Å². The van der Waals surface area contributed by atoms with Gasteiger partial charge in [-0.25, -0.2) is 0 Å². The van der Waals surface area contributed by atoms with Gasteiger partial charge in [0, 0.05) is 17.5 Å². The largest absolute Gasteiger partial charge is 0.312 e. The molecule has 0 saturated carbocycles. The molecule has 9 heavy (non-hydrogen) atoms. The molecule has 1 aliphatic heterocycles. The molecule has 0 unspecified atom stereocenters. The number of thioether (sulfide) groups is 1. The van der Waals surface area contributed by atoms with Crippen LogP contribution in [0, 0.1) is 0 Å². The van der Waals surface area contributed by atoms with E-state index in [0.29, 0.717) is 12.5 Å². The highest BCUT2D eigenvalue weighted by Crippen LogP contribution is 2.16. The van der Waals surface area contributed by atoms with Crippen molar-refractivity contribution < 1.29 is 4.39 Å². The Morgan fingerprint density at radius 3 is 2.78 bits per heavy atom. The summed E-state index contributed by atoms with van der Waals surface area (Å²) in [6.45, 7) is 0.661. The molecule has 1 fully saturated rings. The van der Waals surface area contributed by atoms with E-state index in [4.69, 9.17) is 0 Å². The molecule has 0 radical (unpaired) electrons. The quantitative estimate of drug-likeness (QED) is 0.600. The maximum absolute atomic E-state index is 11.5. The molecule has 1 nitrogen and oxygen atoms in total. The number of nitrogens with one attached hydrogen (secondary N) is 1. The maximum atomic E-state index is 11.5. The highest BCUT2D eigenvalue weighted by molar-refractivity contribution is 8.00. The lowest BCUT2D eigenvalue weighted by atomic mass is 10.3. The number of alkyl halides is 1. The van der Waals surface area contributed by atoms with Crippen molar-refractivity contribution in [2.45, 2.75) is 12.5 Å². The van der Waals surface area contributed by atoms with Crippen LogP contribution < -0.4 is 5.32 Å². The van der Waals surface area contributed by atoms with Crippen molar-refractivity contribution in [1.29, 1.82) is 0 Å². The Labute approximate surface area is 59.4 Å². The lowest BCUT2D eigenvalue weighted by Gasteiger charge is -2.25. The summed E-state index contributed by atoms with van der Waals surface area (Å²) in [5, 5.41) is 3.26. The molecule has 1 N–H and O–H groups in total. The third kappa shape index (κ3) is 2.54. The Morgan fingerprint density at radius 2 is 2.33 bits per heavy atom. The van der Waals surface area contributed by atoms with Crippen molar-refractivity contribution in [3.63, 3.8) is 0 Å². The molecule has 1 rings (SSSR count). The van der Waals surface area contributed by atoms with E-state index in [1.54, 1.807) is 0 Å². The first-order valence-electron chi connectivity index (χ1n) is 3.30. The molecule has 0 aliphatic carbocycles. The molecule has 0 aromatic carbocycles. The Morgan fingerprint density at radius 1 is 1.56 bits per heavy atom. The summed E-state index contributed by atoms with van der Waals surface area (Å²) in [7, 11) is 0. The van der Waals surface area contributed by atoms with Crippen LogP contribution in [0.25, 0.3) is 0 Å². The molecule has 1 aliphatic rings. The molecule has 0 spiro atoms. The average Bonchev–Trinajstić information content (AvgIpc) is 1.76. The van der Waals surface area contributed by atoms with E-state index in [1.807, 2.05) is 11.8 Å². The van der Waals surface area contributed by atoms with Crippen LogP contribution in [-0.2, 0) is 0 Å². The molecule has 1 heterocycles. The smallest absolute Gasteiger partial charge is 0.0906 e. The zero-order valence-electron chi connectivity index (χ0n) is 5.40. The Kier molecular flexibility index (Phi) is 3.36. The van der Waals surface area contributed by atoms with Gasteiger partial charge in [0.1, 0.15) is 0 Å². The van der Waals surface area contributed by atoms with Gasteiger partial charge in [-0.05, 0) is 13.0 Å². The van der Waals surface area contributed by atoms with Crippen molar-refractivity contribution in [2.75, 3.05) is 24.7 Å². The van der Waals surface area contributed by atoms with Crippen LogP contribution in [0.2, 0.25) is 0 Å². The SMILES string of the molecule is FCCCNC1CSC1. The molecular formula is C6H12FNS. The van der Waals surface area contributed by atoms with Crippen molar-refractivity contribution >= 4 is 11.8 Å². The van der Waals surface area contributed by atoms with E-state index in [0.717, 1.165) is 6.54 Å². The minimum absolute atomic E-state index is 0.188. The number of hydrogen-bond acceptors (Lipinski definition) is 2. The highest BCUT2D eigenvalue weighted by Gasteiger charge is 2.15. The van der Waals surface area contributed by atoms with Crippen molar-refractivity contribution in [3.8, 4) is 0 Å². The first-order chi connectivity index (χ1) is 4.43. The fourth-order valence-corrected chi connectivity index (χ4v) is 1.43. The second-order valence-electron chi connectivity index (χ2n) is 2.23.